The first kappa shape index (κ1) is 23.5. The van der Waals surface area contributed by atoms with Crippen molar-refractivity contribution in [1.82, 2.24) is 24.8 Å². The number of benzene rings is 1. The van der Waals surface area contributed by atoms with Crippen LogP contribution in [0.5, 0.6) is 0 Å². The van der Waals surface area contributed by atoms with Crippen molar-refractivity contribution in [3.63, 3.8) is 0 Å². The van der Waals surface area contributed by atoms with Gasteiger partial charge in [0.25, 0.3) is 0 Å². The number of halogens is 4. The van der Waals surface area contributed by atoms with E-state index >= 15 is 0 Å². The van der Waals surface area contributed by atoms with Crippen LogP contribution in [0.2, 0.25) is 10.2 Å². The minimum absolute atomic E-state index is 0. The highest BCUT2D eigenvalue weighted by Crippen LogP contribution is 2.24. The molecule has 156 valence electrons. The van der Waals surface area contributed by atoms with E-state index < -0.39 is 0 Å². The summed E-state index contributed by atoms with van der Waals surface area (Å²) in [5, 5.41) is 7.41. The van der Waals surface area contributed by atoms with Crippen molar-refractivity contribution in [1.29, 1.82) is 0 Å². The van der Waals surface area contributed by atoms with Crippen LogP contribution in [0.25, 0.3) is 5.69 Å². The highest BCUT2D eigenvalue weighted by molar-refractivity contribution is 14.0. The zero-order valence-corrected chi connectivity index (χ0v) is 19.8. The Kier molecular flexibility index (Phi) is 8.79. The van der Waals surface area contributed by atoms with Crippen LogP contribution in [0.3, 0.4) is 0 Å². The molecule has 3 rings (SSSR count). The van der Waals surface area contributed by atoms with Crippen LogP contribution in [0, 0.1) is 5.82 Å². The Balaban J connectivity index is 0.00000300. The Morgan fingerprint density at radius 3 is 2.62 bits per heavy atom. The fraction of sp³-hybridized carbons (Fsp3) is 0.263. The Morgan fingerprint density at radius 2 is 2.03 bits per heavy atom. The molecule has 0 saturated heterocycles. The topological polar surface area (TPSA) is 59.2 Å². The monoisotopic (exact) mass is 550 g/mol. The molecule has 0 atom stereocenters. The van der Waals surface area contributed by atoms with Crippen molar-refractivity contribution in [2.75, 3.05) is 6.54 Å². The van der Waals surface area contributed by atoms with Gasteiger partial charge >= 0.3 is 0 Å². The van der Waals surface area contributed by atoms with Crippen molar-refractivity contribution < 1.29 is 4.39 Å². The fourth-order valence-corrected chi connectivity index (χ4v) is 3.12. The van der Waals surface area contributed by atoms with Gasteiger partial charge in [-0.1, -0.05) is 29.3 Å². The molecule has 2 heterocycles. The second-order valence-electron chi connectivity index (χ2n) is 6.14. The molecule has 0 spiro atoms. The second kappa shape index (κ2) is 10.8. The van der Waals surface area contributed by atoms with Gasteiger partial charge in [-0.3, -0.25) is 0 Å². The first-order chi connectivity index (χ1) is 13.5. The summed E-state index contributed by atoms with van der Waals surface area (Å²) in [5.74, 6) is 0.298. The third kappa shape index (κ3) is 5.86. The molecular formula is C19H22Cl2FIN6. The molecule has 6 nitrogen and oxygen atoms in total. The van der Waals surface area contributed by atoms with E-state index in [-0.39, 0.29) is 29.8 Å². The summed E-state index contributed by atoms with van der Waals surface area (Å²) in [6, 6.07) is 6.86. The molecule has 2 N–H and O–H groups in total. The number of nitrogens with zero attached hydrogens (tertiary/aromatic N) is 4. The first-order valence-corrected chi connectivity index (χ1v) is 9.53. The number of guanidine groups is 1. The first-order valence-electron chi connectivity index (χ1n) is 8.78. The molecule has 0 bridgehead atoms. The Hall–Kier alpha value is -1.78. The molecule has 10 heteroatoms. The molecule has 0 fully saturated rings. The molecular weight excluding hydrogens is 529 g/mol. The van der Waals surface area contributed by atoms with Crippen LogP contribution < -0.4 is 10.6 Å². The normalized spacial score (nSPS) is 11.3. The molecule has 0 saturated carbocycles. The quantitative estimate of drug-likeness (QED) is 0.269. The summed E-state index contributed by atoms with van der Waals surface area (Å²) >= 11 is 12.1. The standard InChI is InChI=1S/C19H21Cl2FN6.HI/c1-3-24-19(26-11-14-9-15(20)18(21)27(14)2)25-10-13-4-5-17(16(22)8-13)28-7-6-23-12-28;/h4-9,12H,3,10-11H2,1-2H3,(H2,24,25,26);1H. The molecule has 2 aromatic heterocycles. The molecule has 0 unspecified atom stereocenters. The van der Waals surface area contributed by atoms with Gasteiger partial charge in [0.1, 0.15) is 11.0 Å². The molecule has 0 aliphatic rings. The predicted molar refractivity (Wildman–Crippen MR) is 126 cm³/mol. The summed E-state index contributed by atoms with van der Waals surface area (Å²) in [7, 11) is 1.85. The van der Waals surface area contributed by atoms with Crippen molar-refractivity contribution in [2.24, 2.45) is 12.0 Å². The summed E-state index contributed by atoms with van der Waals surface area (Å²) in [4.78, 5) is 8.46. The summed E-state index contributed by atoms with van der Waals surface area (Å²) in [6.45, 7) is 3.52. The van der Waals surface area contributed by atoms with Crippen molar-refractivity contribution in [3.05, 3.63) is 70.2 Å². The largest absolute Gasteiger partial charge is 0.357 e. The fourth-order valence-electron chi connectivity index (χ4n) is 2.70. The van der Waals surface area contributed by atoms with Gasteiger partial charge in [0.15, 0.2) is 5.96 Å². The van der Waals surface area contributed by atoms with E-state index in [2.05, 4.69) is 20.6 Å². The van der Waals surface area contributed by atoms with Crippen LogP contribution in [-0.2, 0) is 20.1 Å². The Labute approximate surface area is 196 Å². The van der Waals surface area contributed by atoms with E-state index in [4.69, 9.17) is 23.2 Å². The lowest BCUT2D eigenvalue weighted by molar-refractivity contribution is 0.615. The molecule has 0 radical (unpaired) electrons. The zero-order valence-electron chi connectivity index (χ0n) is 16.0. The summed E-state index contributed by atoms with van der Waals surface area (Å²) in [5.41, 5.74) is 2.15. The lowest BCUT2D eigenvalue weighted by atomic mass is 10.2. The Morgan fingerprint density at radius 1 is 1.24 bits per heavy atom. The average Bonchev–Trinajstić information content (AvgIpc) is 3.29. The van der Waals surface area contributed by atoms with Gasteiger partial charge in [-0.15, -0.1) is 24.0 Å². The van der Waals surface area contributed by atoms with Crippen LogP contribution in [0.1, 0.15) is 18.2 Å². The van der Waals surface area contributed by atoms with Crippen molar-refractivity contribution in [2.45, 2.75) is 20.0 Å². The second-order valence-corrected chi connectivity index (χ2v) is 6.90. The number of aliphatic imine (C=N–C) groups is 1. The van der Waals surface area contributed by atoms with Crippen LogP contribution in [0.15, 0.2) is 48.0 Å². The number of nitrogens with one attached hydrogen (secondary N) is 2. The highest BCUT2D eigenvalue weighted by Gasteiger charge is 2.10. The SMILES string of the molecule is CCNC(=NCc1ccc(-n2ccnc2)c(F)c1)NCc1cc(Cl)c(Cl)n1C.I. The van der Waals surface area contributed by atoms with Crippen molar-refractivity contribution >= 4 is 53.1 Å². The third-order valence-corrected chi connectivity index (χ3v) is 5.05. The summed E-state index contributed by atoms with van der Waals surface area (Å²) < 4.78 is 17.8. The number of rotatable bonds is 6. The van der Waals surface area contributed by atoms with Gasteiger partial charge in [0, 0.05) is 31.7 Å². The van der Waals surface area contributed by atoms with Gasteiger partial charge in [-0.2, -0.15) is 0 Å². The summed E-state index contributed by atoms with van der Waals surface area (Å²) in [6.07, 6.45) is 4.87. The van der Waals surface area contributed by atoms with E-state index in [1.54, 1.807) is 29.4 Å². The molecule has 29 heavy (non-hydrogen) atoms. The highest BCUT2D eigenvalue weighted by atomic mass is 127. The molecule has 3 aromatic rings. The zero-order chi connectivity index (χ0) is 20.1. The van der Waals surface area contributed by atoms with Gasteiger partial charge in [0.05, 0.1) is 30.1 Å². The smallest absolute Gasteiger partial charge is 0.191 e. The predicted octanol–water partition coefficient (Wildman–Crippen LogP) is 4.53. The van der Waals surface area contributed by atoms with Gasteiger partial charge in [-0.05, 0) is 30.7 Å². The van der Waals surface area contributed by atoms with Gasteiger partial charge < -0.3 is 19.8 Å². The van der Waals surface area contributed by atoms with Gasteiger partial charge in [-0.25, -0.2) is 14.4 Å². The average molecular weight is 551 g/mol. The lowest BCUT2D eigenvalue weighted by Gasteiger charge is -2.12. The van der Waals surface area contributed by atoms with E-state index in [1.807, 2.05) is 30.7 Å². The van der Waals surface area contributed by atoms with E-state index in [9.17, 15) is 4.39 Å². The van der Waals surface area contributed by atoms with Crippen molar-refractivity contribution in [3.8, 4) is 5.69 Å². The molecule has 0 aliphatic carbocycles. The van der Waals surface area contributed by atoms with Crippen LogP contribution >= 0.6 is 47.2 Å². The lowest BCUT2D eigenvalue weighted by Crippen LogP contribution is -2.37. The van der Waals surface area contributed by atoms with Crippen LogP contribution in [0.4, 0.5) is 4.39 Å². The van der Waals surface area contributed by atoms with E-state index in [0.29, 0.717) is 41.5 Å². The van der Waals surface area contributed by atoms with Gasteiger partial charge in [0.2, 0.25) is 0 Å². The Bertz CT molecular complexity index is 971. The van der Waals surface area contributed by atoms with E-state index in [0.717, 1.165) is 11.3 Å². The number of imidazole rings is 1. The maximum atomic E-state index is 14.4. The van der Waals surface area contributed by atoms with Crippen LogP contribution in [-0.4, -0.2) is 26.6 Å². The maximum Gasteiger partial charge on any atom is 0.191 e. The maximum absolute atomic E-state index is 14.4. The minimum atomic E-state index is -0.322. The third-order valence-electron chi connectivity index (χ3n) is 4.21. The minimum Gasteiger partial charge on any atom is -0.357 e. The molecule has 0 aliphatic heterocycles. The number of aromatic nitrogens is 3. The molecule has 0 amide bonds. The molecule has 1 aromatic carbocycles. The number of hydrogen-bond acceptors (Lipinski definition) is 2. The van der Waals surface area contributed by atoms with E-state index in [1.165, 1.54) is 6.07 Å². The number of hydrogen-bond donors (Lipinski definition) is 2.